The van der Waals surface area contributed by atoms with Crippen molar-refractivity contribution in [1.82, 2.24) is 4.98 Å². The van der Waals surface area contributed by atoms with Crippen molar-refractivity contribution in [3.8, 4) is 17.0 Å². The average Bonchev–Trinajstić information content (AvgIpc) is 3.31. The largest absolute Gasteiger partial charge is 0.496 e. The number of pyridine rings is 1. The van der Waals surface area contributed by atoms with Crippen molar-refractivity contribution in [1.29, 1.82) is 0 Å². The van der Waals surface area contributed by atoms with Crippen molar-refractivity contribution in [3.63, 3.8) is 0 Å². The molecule has 2 nitrogen and oxygen atoms in total. The maximum absolute atomic E-state index is 5.81. The fourth-order valence-electron chi connectivity index (χ4n) is 5.46. The highest BCUT2D eigenvalue weighted by Gasteiger charge is 2.41. The van der Waals surface area contributed by atoms with E-state index in [1.807, 2.05) is 12.3 Å². The van der Waals surface area contributed by atoms with Gasteiger partial charge in [-0.05, 0) is 72.6 Å². The molecule has 1 heterocycles. The van der Waals surface area contributed by atoms with Crippen molar-refractivity contribution in [2.45, 2.75) is 38.5 Å². The van der Waals surface area contributed by atoms with E-state index in [9.17, 15) is 0 Å². The van der Waals surface area contributed by atoms with Gasteiger partial charge in [0.2, 0.25) is 0 Å². The third-order valence-electron chi connectivity index (χ3n) is 6.64. The van der Waals surface area contributed by atoms with Gasteiger partial charge in [0, 0.05) is 17.1 Å². The van der Waals surface area contributed by atoms with Crippen LogP contribution in [0.1, 0.15) is 42.7 Å². The van der Waals surface area contributed by atoms with Gasteiger partial charge in [0.1, 0.15) is 5.75 Å². The number of aromatic nitrogens is 1. The normalized spacial score (nSPS) is 24.3. The maximum atomic E-state index is 5.81. The van der Waals surface area contributed by atoms with Crippen LogP contribution in [-0.2, 0) is 0 Å². The monoisotopic (exact) mass is 343 g/mol. The molecule has 2 aromatic carbocycles. The Bertz CT molecular complexity index is 977. The van der Waals surface area contributed by atoms with Gasteiger partial charge >= 0.3 is 0 Å². The van der Waals surface area contributed by atoms with E-state index in [2.05, 4.69) is 43.3 Å². The minimum absolute atomic E-state index is 0.642. The molecule has 0 amide bonds. The third kappa shape index (κ3) is 2.35. The number of methoxy groups -OCH3 is 1. The Labute approximate surface area is 155 Å². The van der Waals surface area contributed by atoms with Crippen molar-refractivity contribution in [2.24, 2.45) is 11.8 Å². The Morgan fingerprint density at radius 2 is 1.85 bits per heavy atom. The van der Waals surface area contributed by atoms with E-state index in [1.54, 1.807) is 7.11 Å². The van der Waals surface area contributed by atoms with Crippen LogP contribution in [0.2, 0.25) is 0 Å². The zero-order valence-electron chi connectivity index (χ0n) is 15.5. The molecule has 2 heteroatoms. The molecule has 0 aliphatic heterocycles. The van der Waals surface area contributed by atoms with Gasteiger partial charge < -0.3 is 4.74 Å². The van der Waals surface area contributed by atoms with Gasteiger partial charge in [-0.25, -0.2) is 0 Å². The fourth-order valence-corrected chi connectivity index (χ4v) is 5.46. The van der Waals surface area contributed by atoms with E-state index in [1.165, 1.54) is 53.1 Å². The van der Waals surface area contributed by atoms with Gasteiger partial charge in [0.25, 0.3) is 0 Å². The maximum Gasteiger partial charge on any atom is 0.127 e. The summed E-state index contributed by atoms with van der Waals surface area (Å²) in [5.74, 6) is 3.38. The molecule has 132 valence electrons. The minimum atomic E-state index is 0.642. The average molecular weight is 343 g/mol. The number of nitrogens with zero attached hydrogens (tertiary/aromatic N) is 1. The first-order chi connectivity index (χ1) is 12.8. The number of aryl methyl sites for hydroxylation is 1. The van der Waals surface area contributed by atoms with Gasteiger partial charge in [-0.3, -0.25) is 4.98 Å². The lowest BCUT2D eigenvalue weighted by molar-refractivity contribution is 0.408. The summed E-state index contributed by atoms with van der Waals surface area (Å²) in [4.78, 5) is 4.81. The second kappa shape index (κ2) is 6.12. The van der Waals surface area contributed by atoms with Crippen LogP contribution in [0, 0.1) is 18.8 Å². The molecule has 26 heavy (non-hydrogen) atoms. The quantitative estimate of drug-likeness (QED) is 0.571. The SMILES string of the molecule is COc1cc([C@@H]2C[C@H]3CC[C@@H]2C3)c(-c2ncccc2C)c2ccccc12. The summed E-state index contributed by atoms with van der Waals surface area (Å²) in [6.45, 7) is 2.17. The van der Waals surface area contributed by atoms with Crippen molar-refractivity contribution in [3.05, 3.63) is 59.8 Å². The second-order valence-corrected chi connectivity index (χ2v) is 8.04. The third-order valence-corrected chi connectivity index (χ3v) is 6.64. The zero-order chi connectivity index (χ0) is 17.7. The van der Waals surface area contributed by atoms with Crippen LogP contribution >= 0.6 is 0 Å². The lowest BCUT2D eigenvalue weighted by Crippen LogP contribution is -2.11. The Hall–Kier alpha value is -2.35. The van der Waals surface area contributed by atoms with Crippen LogP contribution in [0.5, 0.6) is 5.75 Å². The van der Waals surface area contributed by atoms with Gasteiger partial charge in [0.15, 0.2) is 0 Å². The predicted molar refractivity (Wildman–Crippen MR) is 107 cm³/mol. The van der Waals surface area contributed by atoms with E-state index in [0.29, 0.717) is 5.92 Å². The fraction of sp³-hybridized carbons (Fsp3) is 0.375. The second-order valence-electron chi connectivity index (χ2n) is 8.04. The highest BCUT2D eigenvalue weighted by atomic mass is 16.5. The Balaban J connectivity index is 1.83. The molecule has 2 fully saturated rings. The lowest BCUT2D eigenvalue weighted by atomic mass is 9.79. The van der Waals surface area contributed by atoms with Crippen LogP contribution in [-0.4, -0.2) is 12.1 Å². The number of hydrogen-bond donors (Lipinski definition) is 0. The minimum Gasteiger partial charge on any atom is -0.496 e. The molecule has 3 aromatic rings. The smallest absolute Gasteiger partial charge is 0.127 e. The van der Waals surface area contributed by atoms with E-state index in [0.717, 1.165) is 23.3 Å². The van der Waals surface area contributed by atoms with E-state index >= 15 is 0 Å². The summed E-state index contributed by atoms with van der Waals surface area (Å²) in [7, 11) is 1.79. The summed E-state index contributed by atoms with van der Waals surface area (Å²) >= 11 is 0. The molecule has 1 aromatic heterocycles. The molecule has 2 aliphatic carbocycles. The molecule has 0 unspecified atom stereocenters. The molecule has 0 radical (unpaired) electrons. The number of fused-ring (bicyclic) bond motifs is 3. The summed E-state index contributed by atoms with van der Waals surface area (Å²) in [5, 5.41) is 2.45. The molecular weight excluding hydrogens is 318 g/mol. The number of hydrogen-bond acceptors (Lipinski definition) is 2. The molecule has 0 saturated heterocycles. The van der Waals surface area contributed by atoms with E-state index in [-0.39, 0.29) is 0 Å². The number of benzene rings is 2. The summed E-state index contributed by atoms with van der Waals surface area (Å²) in [5.41, 5.74) is 5.16. The van der Waals surface area contributed by atoms with Crippen LogP contribution in [0.15, 0.2) is 48.7 Å². The van der Waals surface area contributed by atoms with Crippen molar-refractivity contribution >= 4 is 10.8 Å². The lowest BCUT2D eigenvalue weighted by Gasteiger charge is -2.27. The van der Waals surface area contributed by atoms with Gasteiger partial charge in [-0.1, -0.05) is 36.8 Å². The molecule has 0 spiro atoms. The molecule has 2 aliphatic rings. The molecule has 2 saturated carbocycles. The van der Waals surface area contributed by atoms with Crippen LogP contribution in [0.3, 0.4) is 0 Å². The Morgan fingerprint density at radius 1 is 1.00 bits per heavy atom. The molecule has 5 rings (SSSR count). The predicted octanol–water partition coefficient (Wildman–Crippen LogP) is 6.12. The Morgan fingerprint density at radius 3 is 2.54 bits per heavy atom. The molecule has 3 atom stereocenters. The highest BCUT2D eigenvalue weighted by Crippen LogP contribution is 2.55. The van der Waals surface area contributed by atoms with E-state index < -0.39 is 0 Å². The first-order valence-electron chi connectivity index (χ1n) is 9.78. The van der Waals surface area contributed by atoms with Crippen LogP contribution in [0.4, 0.5) is 0 Å². The topological polar surface area (TPSA) is 22.1 Å². The summed E-state index contributed by atoms with van der Waals surface area (Å²) < 4.78 is 5.81. The molecule has 2 bridgehead atoms. The molecular formula is C24H25NO. The van der Waals surface area contributed by atoms with E-state index in [4.69, 9.17) is 9.72 Å². The summed E-state index contributed by atoms with van der Waals surface area (Å²) in [6.07, 6.45) is 7.45. The summed E-state index contributed by atoms with van der Waals surface area (Å²) in [6, 6.07) is 15.1. The van der Waals surface area contributed by atoms with Crippen molar-refractivity contribution < 1.29 is 4.74 Å². The highest BCUT2D eigenvalue weighted by molar-refractivity contribution is 6.01. The van der Waals surface area contributed by atoms with Crippen molar-refractivity contribution in [2.75, 3.05) is 7.11 Å². The zero-order valence-corrected chi connectivity index (χ0v) is 15.5. The van der Waals surface area contributed by atoms with Crippen LogP contribution in [0.25, 0.3) is 22.0 Å². The number of rotatable bonds is 3. The van der Waals surface area contributed by atoms with Gasteiger partial charge in [0.05, 0.1) is 12.8 Å². The van der Waals surface area contributed by atoms with Gasteiger partial charge in [-0.2, -0.15) is 0 Å². The van der Waals surface area contributed by atoms with Crippen LogP contribution < -0.4 is 4.74 Å². The van der Waals surface area contributed by atoms with Gasteiger partial charge in [-0.15, -0.1) is 0 Å². The molecule has 0 N–H and O–H groups in total. The standard InChI is InChI=1S/C24H25NO/c1-15-6-5-11-25-24(15)23-19-8-4-3-7-18(19)22(26-2)14-21(23)20-13-16-9-10-17(20)12-16/h3-8,11,14,16-17,20H,9-10,12-13H2,1-2H3/t16-,17+,20+/m0/s1. The number of ether oxygens (including phenoxy) is 1. The first-order valence-corrected chi connectivity index (χ1v) is 9.78. The Kier molecular flexibility index (Phi) is 3.74. The first kappa shape index (κ1) is 15.9.